The van der Waals surface area contributed by atoms with E-state index >= 15 is 0 Å². The molecule has 2 heterocycles. The molecule has 1 saturated heterocycles. The van der Waals surface area contributed by atoms with Gasteiger partial charge in [-0.05, 0) is 42.7 Å². The first kappa shape index (κ1) is 35.1. The van der Waals surface area contributed by atoms with Gasteiger partial charge in [0.15, 0.2) is 0 Å². The maximum Gasteiger partial charge on any atom is 0.224 e. The van der Waals surface area contributed by atoms with E-state index in [1.54, 1.807) is 4.90 Å². The predicted octanol–water partition coefficient (Wildman–Crippen LogP) is 4.23. The minimum absolute atomic E-state index is 0.0463. The van der Waals surface area contributed by atoms with E-state index in [4.69, 9.17) is 12.2 Å². The zero-order valence-corrected chi connectivity index (χ0v) is 25.8. The van der Waals surface area contributed by atoms with Crippen molar-refractivity contribution in [3.05, 3.63) is 41.1 Å². The summed E-state index contributed by atoms with van der Waals surface area (Å²) in [6, 6.07) is 8.29. The van der Waals surface area contributed by atoms with Crippen molar-refractivity contribution in [2.24, 2.45) is 16.6 Å². The summed E-state index contributed by atoms with van der Waals surface area (Å²) in [5, 5.41) is 15.2. The number of hydrogen-bond donors (Lipinski definition) is 4. The molecule has 1 unspecified atom stereocenters. The summed E-state index contributed by atoms with van der Waals surface area (Å²) >= 11 is 1.82. The third-order valence-corrected chi connectivity index (χ3v) is 7.63. The highest BCUT2D eigenvalue weighted by molar-refractivity contribution is 8.08. The smallest absolute Gasteiger partial charge is 0.224 e. The SMILES string of the molecule is C#CCC1(C(N)=O)CC1.CC.CC(C)(C)CC(=O)N1CCC(O)C1.CC1=C(c2ccc(CNC=O)cc2)SCN1. The number of carbonyl (C=O) groups excluding carboxylic acids is 3. The van der Waals surface area contributed by atoms with Crippen molar-refractivity contribution in [1.82, 2.24) is 15.5 Å². The minimum atomic E-state index is -0.302. The average Bonchev–Trinajstić information content (AvgIpc) is 3.37. The van der Waals surface area contributed by atoms with E-state index in [1.165, 1.54) is 16.2 Å². The van der Waals surface area contributed by atoms with E-state index in [9.17, 15) is 19.5 Å². The topological polar surface area (TPSA) is 125 Å². The molecule has 2 fully saturated rings. The first-order valence-electron chi connectivity index (χ1n) is 13.9. The largest absolute Gasteiger partial charge is 0.391 e. The van der Waals surface area contributed by atoms with Gasteiger partial charge in [-0.2, -0.15) is 0 Å². The number of benzene rings is 1. The van der Waals surface area contributed by atoms with Gasteiger partial charge in [-0.1, -0.05) is 58.9 Å². The summed E-state index contributed by atoms with van der Waals surface area (Å²) in [4.78, 5) is 35.5. The van der Waals surface area contributed by atoms with Crippen LogP contribution < -0.4 is 16.4 Å². The molecule has 1 aromatic carbocycles. The zero-order chi connectivity index (χ0) is 30.3. The van der Waals surface area contributed by atoms with Gasteiger partial charge in [0.2, 0.25) is 18.2 Å². The molecule has 0 aromatic heterocycles. The summed E-state index contributed by atoms with van der Waals surface area (Å²) in [6.07, 6.45) is 9.03. The van der Waals surface area contributed by atoms with Crippen LogP contribution in [0.25, 0.3) is 4.91 Å². The number of amides is 3. The number of β-amino-alcohol motifs (C(OH)–C–C–N with tert-alkyl or cyclic N) is 1. The molecule has 4 rings (SSSR count). The van der Waals surface area contributed by atoms with Crippen molar-refractivity contribution in [1.29, 1.82) is 0 Å². The Labute approximate surface area is 244 Å². The molecule has 3 aliphatic rings. The molecule has 1 aromatic rings. The van der Waals surface area contributed by atoms with Crippen LogP contribution in [0.15, 0.2) is 30.0 Å². The second kappa shape index (κ2) is 17.0. The first-order chi connectivity index (χ1) is 18.9. The number of rotatable bonds is 7. The Morgan fingerprint density at radius 1 is 1.27 bits per heavy atom. The van der Waals surface area contributed by atoms with Crippen molar-refractivity contribution in [2.75, 3.05) is 19.0 Å². The number of hydrogen-bond acceptors (Lipinski definition) is 6. The second-order valence-corrected chi connectivity index (χ2v) is 12.1. The van der Waals surface area contributed by atoms with Crippen LogP contribution in [0, 0.1) is 23.2 Å². The van der Waals surface area contributed by atoms with Gasteiger partial charge in [-0.25, -0.2) is 0 Å². The third-order valence-electron chi connectivity index (χ3n) is 6.51. The second-order valence-electron chi connectivity index (χ2n) is 11.2. The van der Waals surface area contributed by atoms with Crippen LogP contribution in [0.4, 0.5) is 0 Å². The van der Waals surface area contributed by atoms with Crippen molar-refractivity contribution in [3.63, 3.8) is 0 Å². The number of terminal acetylenes is 1. The lowest BCUT2D eigenvalue weighted by molar-refractivity contribution is -0.132. The number of aliphatic hydroxyl groups is 1. The van der Waals surface area contributed by atoms with Gasteiger partial charge in [0.05, 0.1) is 17.4 Å². The summed E-state index contributed by atoms with van der Waals surface area (Å²) in [6.45, 7) is 14.1. The van der Waals surface area contributed by atoms with E-state index in [2.05, 4.69) is 56.4 Å². The normalized spacial score (nSPS) is 18.4. The van der Waals surface area contributed by atoms with Crippen LogP contribution in [0.5, 0.6) is 0 Å². The molecule has 40 heavy (non-hydrogen) atoms. The standard InChI is InChI=1S/C12H14N2OS.C10H19NO2.C7H9NO.C2H6/c1-9-12(16-8-14-9)11-4-2-10(3-5-11)6-13-7-15;1-10(2,3)6-9(13)11-5-4-8(12)7-11;1-2-3-7(4-5-7)6(8)9;1-2/h2-5,7,14H,6,8H2,1H3,(H,13,15);8,12H,4-7H2,1-3H3;1H,3-5H2,(H2,8,9);1-2H3. The maximum absolute atomic E-state index is 11.6. The molecule has 8 nitrogen and oxygen atoms in total. The minimum Gasteiger partial charge on any atom is -0.391 e. The Hall–Kier alpha value is -2.96. The Bertz CT molecular complexity index is 1040. The van der Waals surface area contributed by atoms with Crippen LogP contribution in [0.1, 0.15) is 84.8 Å². The molecule has 5 N–H and O–H groups in total. The molecule has 0 spiro atoms. The van der Waals surface area contributed by atoms with Crippen molar-refractivity contribution in [3.8, 4) is 12.3 Å². The lowest BCUT2D eigenvalue weighted by Crippen LogP contribution is -2.32. The molecular weight excluding hydrogens is 524 g/mol. The van der Waals surface area contributed by atoms with Gasteiger partial charge in [0.1, 0.15) is 0 Å². The monoisotopic (exact) mass is 572 g/mol. The van der Waals surface area contributed by atoms with E-state index < -0.39 is 0 Å². The van der Waals surface area contributed by atoms with Gasteiger partial charge < -0.3 is 26.4 Å². The number of nitrogens with zero attached hydrogens (tertiary/aromatic N) is 1. The lowest BCUT2D eigenvalue weighted by Gasteiger charge is -2.22. The highest BCUT2D eigenvalue weighted by Gasteiger charge is 2.47. The van der Waals surface area contributed by atoms with Crippen LogP contribution in [0.3, 0.4) is 0 Å². The van der Waals surface area contributed by atoms with Crippen molar-refractivity contribution < 1.29 is 19.5 Å². The molecule has 2 aliphatic heterocycles. The number of allylic oxidation sites excluding steroid dienone is 1. The summed E-state index contributed by atoms with van der Waals surface area (Å²) in [5.74, 6) is 3.34. The Balaban J connectivity index is 0.000000301. The molecule has 1 saturated carbocycles. The van der Waals surface area contributed by atoms with Crippen LogP contribution in [0.2, 0.25) is 0 Å². The molecule has 3 amide bonds. The van der Waals surface area contributed by atoms with E-state index in [0.29, 0.717) is 25.9 Å². The van der Waals surface area contributed by atoms with Gasteiger partial charge in [0, 0.05) is 43.1 Å². The van der Waals surface area contributed by atoms with E-state index in [1.807, 2.05) is 37.7 Å². The summed E-state index contributed by atoms with van der Waals surface area (Å²) < 4.78 is 0. The number of primary amides is 1. The predicted molar refractivity (Wildman–Crippen MR) is 164 cm³/mol. The Morgan fingerprint density at radius 3 is 2.27 bits per heavy atom. The quantitative estimate of drug-likeness (QED) is 0.286. The fourth-order valence-corrected chi connectivity index (χ4v) is 5.05. The molecule has 0 radical (unpaired) electrons. The first-order valence-corrected chi connectivity index (χ1v) is 14.9. The fourth-order valence-electron chi connectivity index (χ4n) is 4.03. The van der Waals surface area contributed by atoms with Gasteiger partial charge in [0.25, 0.3) is 0 Å². The van der Waals surface area contributed by atoms with Crippen molar-refractivity contribution in [2.45, 2.75) is 86.3 Å². The van der Waals surface area contributed by atoms with E-state index in [-0.39, 0.29) is 28.7 Å². The maximum atomic E-state index is 11.6. The Morgan fingerprint density at radius 2 is 1.90 bits per heavy atom. The number of likely N-dealkylation sites (tertiary alicyclic amines) is 1. The fraction of sp³-hybridized carbons (Fsp3) is 0.581. The zero-order valence-electron chi connectivity index (χ0n) is 25.0. The average molecular weight is 573 g/mol. The van der Waals surface area contributed by atoms with Crippen LogP contribution in [-0.2, 0) is 20.9 Å². The molecule has 9 heteroatoms. The van der Waals surface area contributed by atoms with Gasteiger partial charge in [-0.3, -0.25) is 14.4 Å². The Kier molecular flexibility index (Phi) is 14.9. The van der Waals surface area contributed by atoms with Crippen LogP contribution in [-0.4, -0.2) is 53.3 Å². The highest BCUT2D eigenvalue weighted by Crippen LogP contribution is 2.48. The molecule has 222 valence electrons. The van der Waals surface area contributed by atoms with Crippen molar-refractivity contribution >= 4 is 34.9 Å². The number of nitrogens with one attached hydrogen (secondary N) is 2. The number of aliphatic hydroxyl groups excluding tert-OH is 1. The van der Waals surface area contributed by atoms with E-state index in [0.717, 1.165) is 43.7 Å². The van der Waals surface area contributed by atoms with Crippen LogP contribution >= 0.6 is 11.8 Å². The molecule has 1 atom stereocenters. The molecule has 1 aliphatic carbocycles. The summed E-state index contributed by atoms with van der Waals surface area (Å²) in [5.41, 5.74) is 8.43. The molecule has 0 bridgehead atoms. The summed E-state index contributed by atoms with van der Waals surface area (Å²) in [7, 11) is 0. The number of carbonyl (C=O) groups is 3. The van der Waals surface area contributed by atoms with Gasteiger partial charge >= 0.3 is 0 Å². The van der Waals surface area contributed by atoms with Gasteiger partial charge in [-0.15, -0.1) is 24.1 Å². The lowest BCUT2D eigenvalue weighted by atomic mass is 9.92. The number of nitrogens with two attached hydrogens (primary N) is 1. The highest BCUT2D eigenvalue weighted by atomic mass is 32.2. The number of thioether (sulfide) groups is 1. The third kappa shape index (κ3) is 12.1. The molecular formula is C31H48N4O4S.